The summed E-state index contributed by atoms with van der Waals surface area (Å²) in [5.74, 6) is -0.139. The van der Waals surface area contributed by atoms with E-state index >= 15 is 0 Å². The number of halogens is 1. The maximum Gasteiger partial charge on any atom is 0.255 e. The molecule has 30 heavy (non-hydrogen) atoms. The van der Waals surface area contributed by atoms with Gasteiger partial charge < -0.3 is 32.3 Å². The molecule has 1 spiro atoms. The van der Waals surface area contributed by atoms with E-state index in [2.05, 4.69) is 5.32 Å². The number of nitrogens with zero attached hydrogens (tertiary/aromatic N) is 2. The SMILES string of the molecule is CN(C)C(=O)c1cn(CC2(O)CC[NH2+]CC23CCCC3)c(=O)cc1-c1ccsc1.[Cl-]. The molecule has 4 rings (SSSR count). The Morgan fingerprint density at radius 2 is 2.03 bits per heavy atom. The van der Waals surface area contributed by atoms with Crippen molar-refractivity contribution in [1.82, 2.24) is 9.47 Å². The van der Waals surface area contributed by atoms with Crippen LogP contribution < -0.4 is 23.3 Å². The molecule has 2 aromatic rings. The molecule has 1 aliphatic heterocycles. The molecule has 2 aliphatic rings. The first kappa shape index (κ1) is 23.0. The lowest BCUT2D eigenvalue weighted by Gasteiger charge is -2.47. The molecule has 2 fully saturated rings. The zero-order valence-electron chi connectivity index (χ0n) is 17.6. The van der Waals surface area contributed by atoms with Gasteiger partial charge in [-0.25, -0.2) is 0 Å². The summed E-state index contributed by atoms with van der Waals surface area (Å²) in [5, 5.41) is 17.9. The molecule has 164 valence electrons. The average Bonchev–Trinajstić information content (AvgIpc) is 3.38. The van der Waals surface area contributed by atoms with E-state index in [1.807, 2.05) is 16.8 Å². The second-order valence-electron chi connectivity index (χ2n) is 8.83. The first-order valence-electron chi connectivity index (χ1n) is 10.4. The first-order valence-corrected chi connectivity index (χ1v) is 11.3. The number of carbonyl (C=O) groups is 1. The van der Waals surface area contributed by atoms with Crippen LogP contribution >= 0.6 is 11.3 Å². The lowest BCUT2D eigenvalue weighted by Crippen LogP contribution is -3.00. The van der Waals surface area contributed by atoms with Crippen LogP contribution in [0.25, 0.3) is 11.1 Å². The highest BCUT2D eigenvalue weighted by molar-refractivity contribution is 7.08. The van der Waals surface area contributed by atoms with Gasteiger partial charge >= 0.3 is 0 Å². The molecule has 3 heterocycles. The lowest BCUT2D eigenvalue weighted by molar-refractivity contribution is -0.685. The molecule has 1 atom stereocenters. The number of hydrogen-bond donors (Lipinski definition) is 2. The standard InChI is InChI=1S/C22H29N3O3S.ClH/c1-24(2)20(27)18-12-25(19(26)11-17(18)16-5-10-29-13-16)15-22(28)8-9-23-14-21(22)6-3-4-7-21;/h5,10-13,23,28H,3-4,6-9,14-15H2,1-2H3;1H. The van der Waals surface area contributed by atoms with Gasteiger partial charge in [0, 0.05) is 38.3 Å². The fourth-order valence-corrected chi connectivity index (χ4v) is 5.84. The number of nitrogens with two attached hydrogens (primary N) is 1. The number of rotatable bonds is 4. The number of quaternary nitrogens is 1. The van der Waals surface area contributed by atoms with Crippen LogP contribution in [0.4, 0.5) is 0 Å². The van der Waals surface area contributed by atoms with Crippen molar-refractivity contribution < 1.29 is 27.6 Å². The van der Waals surface area contributed by atoms with E-state index in [4.69, 9.17) is 0 Å². The number of aliphatic hydroxyl groups is 1. The van der Waals surface area contributed by atoms with Crippen molar-refractivity contribution in [3.8, 4) is 11.1 Å². The molecule has 2 aromatic heterocycles. The summed E-state index contributed by atoms with van der Waals surface area (Å²) >= 11 is 1.54. The Bertz CT molecular complexity index is 951. The maximum absolute atomic E-state index is 13.0. The van der Waals surface area contributed by atoms with E-state index in [0.717, 1.165) is 44.3 Å². The van der Waals surface area contributed by atoms with E-state index in [0.29, 0.717) is 17.5 Å². The van der Waals surface area contributed by atoms with Crippen LogP contribution in [0.1, 0.15) is 42.5 Å². The molecule has 1 saturated heterocycles. The molecule has 0 radical (unpaired) electrons. The topological polar surface area (TPSA) is 79.2 Å². The van der Waals surface area contributed by atoms with Crippen molar-refractivity contribution in [3.05, 3.63) is 45.0 Å². The first-order chi connectivity index (χ1) is 13.9. The zero-order chi connectivity index (χ0) is 20.6. The van der Waals surface area contributed by atoms with Crippen LogP contribution in [0.15, 0.2) is 33.9 Å². The third-order valence-corrected chi connectivity index (χ3v) is 7.55. The van der Waals surface area contributed by atoms with Gasteiger partial charge in [0.05, 0.1) is 36.2 Å². The number of thiophene rings is 1. The molecule has 8 heteroatoms. The van der Waals surface area contributed by atoms with E-state index in [9.17, 15) is 14.7 Å². The summed E-state index contributed by atoms with van der Waals surface area (Å²) in [4.78, 5) is 27.4. The van der Waals surface area contributed by atoms with Gasteiger partial charge in [0.1, 0.15) is 0 Å². The Kier molecular flexibility index (Phi) is 6.77. The van der Waals surface area contributed by atoms with Gasteiger partial charge in [-0.2, -0.15) is 11.3 Å². The largest absolute Gasteiger partial charge is 1.00 e. The minimum absolute atomic E-state index is 0. The second kappa shape index (κ2) is 8.83. The lowest BCUT2D eigenvalue weighted by atomic mass is 9.66. The second-order valence-corrected chi connectivity index (χ2v) is 9.61. The molecule has 3 N–H and O–H groups in total. The third-order valence-electron chi connectivity index (χ3n) is 6.87. The predicted molar refractivity (Wildman–Crippen MR) is 114 cm³/mol. The van der Waals surface area contributed by atoms with Crippen LogP contribution in [0.2, 0.25) is 0 Å². The zero-order valence-corrected chi connectivity index (χ0v) is 19.1. The molecule has 1 saturated carbocycles. The number of hydrogen-bond acceptors (Lipinski definition) is 4. The van der Waals surface area contributed by atoms with Crippen LogP contribution in [0, 0.1) is 5.41 Å². The Labute approximate surface area is 187 Å². The quantitative estimate of drug-likeness (QED) is 0.596. The van der Waals surface area contributed by atoms with Crippen LogP contribution in [0.3, 0.4) is 0 Å². The van der Waals surface area contributed by atoms with Gasteiger partial charge in [-0.15, -0.1) is 0 Å². The molecule has 6 nitrogen and oxygen atoms in total. The fraction of sp³-hybridized carbons (Fsp3) is 0.545. The van der Waals surface area contributed by atoms with Gasteiger partial charge in [0.2, 0.25) is 0 Å². The van der Waals surface area contributed by atoms with Crippen LogP contribution in [-0.4, -0.2) is 53.3 Å². The Hall–Kier alpha value is -1.67. The van der Waals surface area contributed by atoms with Crippen molar-refractivity contribution in [2.24, 2.45) is 5.41 Å². The molecular formula is C22H30ClN3O3S. The predicted octanol–water partition coefficient (Wildman–Crippen LogP) is -1.46. The summed E-state index contributed by atoms with van der Waals surface area (Å²) < 4.78 is 1.57. The van der Waals surface area contributed by atoms with E-state index in [1.165, 1.54) is 16.2 Å². The summed E-state index contributed by atoms with van der Waals surface area (Å²) in [6.07, 6.45) is 6.61. The molecule has 1 aliphatic carbocycles. The number of aromatic nitrogens is 1. The van der Waals surface area contributed by atoms with Gasteiger partial charge in [0.15, 0.2) is 0 Å². The Morgan fingerprint density at radius 1 is 1.30 bits per heavy atom. The summed E-state index contributed by atoms with van der Waals surface area (Å²) in [6.45, 7) is 2.02. The van der Waals surface area contributed by atoms with Crippen molar-refractivity contribution >= 4 is 17.2 Å². The number of amides is 1. The third kappa shape index (κ3) is 3.96. The fourth-order valence-electron chi connectivity index (χ4n) is 5.19. The monoisotopic (exact) mass is 451 g/mol. The van der Waals surface area contributed by atoms with Crippen LogP contribution in [0.5, 0.6) is 0 Å². The number of pyridine rings is 1. The Balaban J connectivity index is 0.00000256. The van der Waals surface area contributed by atoms with Gasteiger partial charge in [-0.3, -0.25) is 9.59 Å². The highest BCUT2D eigenvalue weighted by atomic mass is 35.5. The van der Waals surface area contributed by atoms with E-state index in [1.54, 1.807) is 30.9 Å². The van der Waals surface area contributed by atoms with Crippen molar-refractivity contribution in [2.75, 3.05) is 27.2 Å². The van der Waals surface area contributed by atoms with Gasteiger partial charge in [0.25, 0.3) is 11.5 Å². The highest BCUT2D eigenvalue weighted by Gasteiger charge is 2.55. The summed E-state index contributed by atoms with van der Waals surface area (Å²) in [6, 6.07) is 3.48. The summed E-state index contributed by atoms with van der Waals surface area (Å²) in [5.41, 5.74) is 0.817. The Morgan fingerprint density at radius 3 is 2.67 bits per heavy atom. The van der Waals surface area contributed by atoms with Crippen molar-refractivity contribution in [3.63, 3.8) is 0 Å². The van der Waals surface area contributed by atoms with Crippen molar-refractivity contribution in [2.45, 2.75) is 44.2 Å². The molecule has 1 unspecified atom stereocenters. The number of piperidine rings is 1. The molecule has 1 amide bonds. The minimum Gasteiger partial charge on any atom is -1.00 e. The number of carbonyl (C=O) groups excluding carboxylic acids is 1. The molecule has 0 aromatic carbocycles. The molecule has 0 bridgehead atoms. The summed E-state index contributed by atoms with van der Waals surface area (Å²) in [7, 11) is 3.43. The van der Waals surface area contributed by atoms with Crippen molar-refractivity contribution in [1.29, 1.82) is 0 Å². The molecular weight excluding hydrogens is 422 g/mol. The van der Waals surface area contributed by atoms with Gasteiger partial charge in [-0.1, -0.05) is 12.8 Å². The minimum atomic E-state index is -0.912. The smallest absolute Gasteiger partial charge is 0.255 e. The average molecular weight is 452 g/mol. The maximum atomic E-state index is 13.0. The normalized spacial score (nSPS) is 22.6. The highest BCUT2D eigenvalue weighted by Crippen LogP contribution is 2.48. The van der Waals surface area contributed by atoms with Gasteiger partial charge in [-0.05, 0) is 35.2 Å². The van der Waals surface area contributed by atoms with E-state index < -0.39 is 5.60 Å². The van der Waals surface area contributed by atoms with Crippen LogP contribution in [-0.2, 0) is 6.54 Å². The van der Waals surface area contributed by atoms with E-state index in [-0.39, 0.29) is 35.8 Å².